The monoisotopic (exact) mass is 250 g/mol. The molecule has 1 aliphatic rings. The van der Waals surface area contributed by atoms with Crippen LogP contribution in [0.5, 0.6) is 5.75 Å². The number of hydrogen-bond acceptors (Lipinski definition) is 4. The summed E-state index contributed by atoms with van der Waals surface area (Å²) in [4.78, 5) is 2.31. The fourth-order valence-electron chi connectivity index (χ4n) is 2.27. The molecule has 1 saturated heterocycles. The molecule has 100 valence electrons. The molecule has 4 heteroatoms. The van der Waals surface area contributed by atoms with Crippen molar-refractivity contribution in [2.45, 2.75) is 25.0 Å². The van der Waals surface area contributed by atoms with Gasteiger partial charge in [-0.25, -0.2) is 0 Å². The quantitative estimate of drug-likeness (QED) is 0.841. The van der Waals surface area contributed by atoms with E-state index in [0.717, 1.165) is 37.2 Å². The number of aliphatic hydroxyl groups is 1. The lowest BCUT2D eigenvalue weighted by atomic mass is 10.1. The SMILES string of the molecule is CN1CCC(Oc2ccccc2C(N)CO)CC1. The Bertz CT molecular complexity index is 376. The Morgan fingerprint density at radius 3 is 2.72 bits per heavy atom. The Balaban J connectivity index is 2.04. The molecular weight excluding hydrogens is 228 g/mol. The Hall–Kier alpha value is -1.10. The van der Waals surface area contributed by atoms with Crippen molar-refractivity contribution in [2.24, 2.45) is 5.73 Å². The smallest absolute Gasteiger partial charge is 0.124 e. The maximum atomic E-state index is 9.17. The molecule has 0 saturated carbocycles. The minimum atomic E-state index is -0.368. The van der Waals surface area contributed by atoms with Gasteiger partial charge < -0.3 is 20.5 Å². The number of nitrogens with zero attached hydrogens (tertiary/aromatic N) is 1. The van der Waals surface area contributed by atoms with Crippen molar-refractivity contribution >= 4 is 0 Å². The van der Waals surface area contributed by atoms with Crippen LogP contribution < -0.4 is 10.5 Å². The molecule has 2 rings (SSSR count). The van der Waals surface area contributed by atoms with Gasteiger partial charge >= 0.3 is 0 Å². The third-order valence-electron chi connectivity index (χ3n) is 3.47. The Morgan fingerprint density at radius 2 is 2.06 bits per heavy atom. The van der Waals surface area contributed by atoms with Crippen LogP contribution in [0.15, 0.2) is 24.3 Å². The first-order valence-electron chi connectivity index (χ1n) is 6.51. The van der Waals surface area contributed by atoms with Gasteiger partial charge in [0, 0.05) is 18.7 Å². The zero-order chi connectivity index (χ0) is 13.0. The second-order valence-electron chi connectivity index (χ2n) is 4.95. The van der Waals surface area contributed by atoms with Crippen LogP contribution >= 0.6 is 0 Å². The predicted molar refractivity (Wildman–Crippen MR) is 71.6 cm³/mol. The molecule has 1 atom stereocenters. The lowest BCUT2D eigenvalue weighted by Crippen LogP contribution is -2.36. The van der Waals surface area contributed by atoms with Gasteiger partial charge in [-0.15, -0.1) is 0 Å². The van der Waals surface area contributed by atoms with Crippen molar-refractivity contribution in [1.82, 2.24) is 4.90 Å². The first-order valence-corrected chi connectivity index (χ1v) is 6.51. The molecule has 1 aliphatic heterocycles. The van der Waals surface area contributed by atoms with Gasteiger partial charge in [0.05, 0.1) is 12.6 Å². The van der Waals surface area contributed by atoms with Crippen LogP contribution in [0.4, 0.5) is 0 Å². The standard InChI is InChI=1S/C14H22N2O2/c1-16-8-6-11(7-9-16)18-14-5-3-2-4-12(14)13(15)10-17/h2-5,11,13,17H,6-10,15H2,1H3. The molecule has 0 amide bonds. The number of aliphatic hydroxyl groups excluding tert-OH is 1. The molecule has 1 fully saturated rings. The summed E-state index contributed by atoms with van der Waals surface area (Å²) in [7, 11) is 2.13. The number of benzene rings is 1. The van der Waals surface area contributed by atoms with Crippen molar-refractivity contribution in [3.05, 3.63) is 29.8 Å². The molecule has 1 unspecified atom stereocenters. The van der Waals surface area contributed by atoms with E-state index in [1.807, 2.05) is 24.3 Å². The zero-order valence-corrected chi connectivity index (χ0v) is 10.9. The second-order valence-corrected chi connectivity index (χ2v) is 4.95. The summed E-state index contributed by atoms with van der Waals surface area (Å²) < 4.78 is 6.04. The molecule has 3 N–H and O–H groups in total. The predicted octanol–water partition coefficient (Wildman–Crippen LogP) is 1.15. The van der Waals surface area contributed by atoms with E-state index in [0.29, 0.717) is 0 Å². The van der Waals surface area contributed by atoms with E-state index in [2.05, 4.69) is 11.9 Å². The maximum Gasteiger partial charge on any atom is 0.124 e. The fourth-order valence-corrected chi connectivity index (χ4v) is 2.27. The van der Waals surface area contributed by atoms with Crippen LogP contribution in [-0.2, 0) is 0 Å². The first-order chi connectivity index (χ1) is 8.70. The van der Waals surface area contributed by atoms with E-state index in [1.54, 1.807) is 0 Å². The highest BCUT2D eigenvalue weighted by molar-refractivity contribution is 5.36. The summed E-state index contributed by atoms with van der Waals surface area (Å²) in [6.45, 7) is 2.07. The average molecular weight is 250 g/mol. The number of rotatable bonds is 4. The van der Waals surface area contributed by atoms with Gasteiger partial charge in [0.25, 0.3) is 0 Å². The van der Waals surface area contributed by atoms with Crippen LogP contribution in [0.3, 0.4) is 0 Å². The zero-order valence-electron chi connectivity index (χ0n) is 10.9. The highest BCUT2D eigenvalue weighted by Gasteiger charge is 2.20. The normalized spacial score (nSPS) is 19.7. The first kappa shape index (κ1) is 13.3. The van der Waals surface area contributed by atoms with E-state index >= 15 is 0 Å². The van der Waals surface area contributed by atoms with Crippen molar-refractivity contribution in [3.63, 3.8) is 0 Å². The molecule has 0 aromatic heterocycles. The number of hydrogen-bond donors (Lipinski definition) is 2. The third-order valence-corrected chi connectivity index (χ3v) is 3.47. The van der Waals surface area contributed by atoms with E-state index < -0.39 is 0 Å². The van der Waals surface area contributed by atoms with E-state index in [4.69, 9.17) is 15.6 Å². The van der Waals surface area contributed by atoms with Gasteiger partial charge in [0.2, 0.25) is 0 Å². The Kier molecular flexibility index (Phi) is 4.58. The topological polar surface area (TPSA) is 58.7 Å². The van der Waals surface area contributed by atoms with E-state index in [-0.39, 0.29) is 18.8 Å². The number of para-hydroxylation sites is 1. The number of likely N-dealkylation sites (tertiary alicyclic amines) is 1. The second kappa shape index (κ2) is 6.18. The van der Waals surface area contributed by atoms with Gasteiger partial charge in [-0.05, 0) is 26.0 Å². The minimum Gasteiger partial charge on any atom is -0.490 e. The van der Waals surface area contributed by atoms with Crippen molar-refractivity contribution < 1.29 is 9.84 Å². The van der Waals surface area contributed by atoms with Crippen LogP contribution in [-0.4, -0.2) is 42.9 Å². The number of ether oxygens (including phenoxy) is 1. The van der Waals surface area contributed by atoms with E-state index in [1.165, 1.54) is 0 Å². The van der Waals surface area contributed by atoms with Gasteiger partial charge in [-0.1, -0.05) is 18.2 Å². The fraction of sp³-hybridized carbons (Fsp3) is 0.571. The van der Waals surface area contributed by atoms with Crippen molar-refractivity contribution in [3.8, 4) is 5.75 Å². The molecule has 0 spiro atoms. The number of piperidine rings is 1. The highest BCUT2D eigenvalue weighted by Crippen LogP contribution is 2.26. The molecule has 0 radical (unpaired) electrons. The third kappa shape index (κ3) is 3.22. The largest absolute Gasteiger partial charge is 0.490 e. The van der Waals surface area contributed by atoms with E-state index in [9.17, 15) is 0 Å². The van der Waals surface area contributed by atoms with Crippen LogP contribution in [0.2, 0.25) is 0 Å². The molecular formula is C14H22N2O2. The lowest BCUT2D eigenvalue weighted by Gasteiger charge is -2.30. The Labute approximate surface area is 108 Å². The summed E-state index contributed by atoms with van der Waals surface area (Å²) in [5.41, 5.74) is 6.77. The maximum absolute atomic E-state index is 9.17. The van der Waals surface area contributed by atoms with Crippen LogP contribution in [0.1, 0.15) is 24.4 Å². The van der Waals surface area contributed by atoms with Crippen molar-refractivity contribution in [1.29, 1.82) is 0 Å². The molecule has 0 aliphatic carbocycles. The average Bonchev–Trinajstić information content (AvgIpc) is 2.41. The minimum absolute atomic E-state index is 0.0617. The molecule has 18 heavy (non-hydrogen) atoms. The van der Waals surface area contributed by atoms with Gasteiger partial charge in [0.15, 0.2) is 0 Å². The molecule has 1 aromatic carbocycles. The molecule has 1 heterocycles. The summed E-state index contributed by atoms with van der Waals surface area (Å²) in [5, 5.41) is 9.17. The molecule has 0 bridgehead atoms. The van der Waals surface area contributed by atoms with Crippen LogP contribution in [0, 0.1) is 0 Å². The molecule has 1 aromatic rings. The summed E-state index contributed by atoms with van der Waals surface area (Å²) in [5.74, 6) is 0.814. The lowest BCUT2D eigenvalue weighted by molar-refractivity contribution is 0.112. The van der Waals surface area contributed by atoms with Gasteiger partial charge in [0.1, 0.15) is 11.9 Å². The summed E-state index contributed by atoms with van der Waals surface area (Å²) in [6, 6.07) is 7.35. The van der Waals surface area contributed by atoms with Crippen molar-refractivity contribution in [2.75, 3.05) is 26.7 Å². The van der Waals surface area contributed by atoms with Crippen LogP contribution in [0.25, 0.3) is 0 Å². The Morgan fingerprint density at radius 1 is 1.39 bits per heavy atom. The highest BCUT2D eigenvalue weighted by atomic mass is 16.5. The van der Waals surface area contributed by atoms with Gasteiger partial charge in [-0.2, -0.15) is 0 Å². The molecule has 4 nitrogen and oxygen atoms in total. The summed E-state index contributed by atoms with van der Waals surface area (Å²) in [6.07, 6.45) is 2.34. The van der Waals surface area contributed by atoms with Gasteiger partial charge in [-0.3, -0.25) is 0 Å². The number of nitrogens with two attached hydrogens (primary N) is 1. The summed E-state index contributed by atoms with van der Waals surface area (Å²) >= 11 is 0.